The first-order valence-electron chi connectivity index (χ1n) is 7.37. The van der Waals surface area contributed by atoms with Crippen LogP contribution in [0.1, 0.15) is 25.3 Å². The Balaban J connectivity index is 1.90. The first kappa shape index (κ1) is 16.3. The molecule has 2 rings (SSSR count). The van der Waals surface area contributed by atoms with Gasteiger partial charge in [0.15, 0.2) is 0 Å². The molecule has 1 aliphatic rings. The lowest BCUT2D eigenvalue weighted by atomic mass is 9.79. The van der Waals surface area contributed by atoms with Crippen LogP contribution in [0.4, 0.5) is 0 Å². The van der Waals surface area contributed by atoms with Gasteiger partial charge in [-0.25, -0.2) is 0 Å². The smallest absolute Gasteiger partial charge is 0.225 e. The summed E-state index contributed by atoms with van der Waals surface area (Å²) in [7, 11) is 0. The van der Waals surface area contributed by atoms with Crippen LogP contribution in [-0.2, 0) is 16.0 Å². The van der Waals surface area contributed by atoms with Gasteiger partial charge in [-0.2, -0.15) is 0 Å². The molecule has 0 aromatic heterocycles. The number of hydrogen-bond donors (Lipinski definition) is 2. The van der Waals surface area contributed by atoms with Gasteiger partial charge in [0.25, 0.3) is 0 Å². The molecule has 0 bridgehead atoms. The number of halogens is 1. The minimum atomic E-state index is -0.471. The van der Waals surface area contributed by atoms with Crippen molar-refractivity contribution in [2.45, 2.75) is 32.2 Å². The third-order valence-corrected chi connectivity index (χ3v) is 4.43. The Morgan fingerprint density at radius 2 is 2.19 bits per heavy atom. The highest BCUT2D eigenvalue weighted by Crippen LogP contribution is 2.29. The Hall–Kier alpha value is -1.10. The summed E-state index contributed by atoms with van der Waals surface area (Å²) < 4.78 is 5.34. The molecule has 1 unspecified atom stereocenters. The van der Waals surface area contributed by atoms with Gasteiger partial charge in [-0.3, -0.25) is 4.79 Å². The van der Waals surface area contributed by atoms with E-state index in [9.17, 15) is 4.79 Å². The predicted molar refractivity (Wildman–Crippen MR) is 84.3 cm³/mol. The second-order valence-electron chi connectivity index (χ2n) is 5.87. The van der Waals surface area contributed by atoms with Gasteiger partial charge in [0, 0.05) is 30.8 Å². The molecule has 1 aromatic carbocycles. The molecular weight excluding hydrogens is 288 g/mol. The first-order valence-corrected chi connectivity index (χ1v) is 7.75. The van der Waals surface area contributed by atoms with Crippen molar-refractivity contribution in [1.82, 2.24) is 5.32 Å². The average Bonchev–Trinajstić information content (AvgIpc) is 2.46. The second kappa shape index (κ2) is 7.25. The molecule has 1 atom stereocenters. The monoisotopic (exact) mass is 310 g/mol. The summed E-state index contributed by atoms with van der Waals surface area (Å²) in [5.74, 6) is -0.228. The maximum atomic E-state index is 11.8. The predicted octanol–water partition coefficient (Wildman–Crippen LogP) is 2.14. The number of amides is 1. The van der Waals surface area contributed by atoms with E-state index in [2.05, 4.69) is 18.3 Å². The maximum absolute atomic E-state index is 11.8. The summed E-state index contributed by atoms with van der Waals surface area (Å²) in [5.41, 5.74) is 6.32. The molecule has 3 N–H and O–H groups in total. The zero-order valence-corrected chi connectivity index (χ0v) is 13.2. The van der Waals surface area contributed by atoms with Gasteiger partial charge in [-0.1, -0.05) is 23.7 Å². The SMILES string of the molecule is CC(Cc1cccc(Cl)c1)NCC1(C(N)=O)CCOCC1. The van der Waals surface area contributed by atoms with Gasteiger partial charge in [0.2, 0.25) is 5.91 Å². The lowest BCUT2D eigenvalue weighted by Gasteiger charge is -2.35. The molecule has 0 radical (unpaired) electrons. The van der Waals surface area contributed by atoms with Gasteiger partial charge in [0.05, 0.1) is 5.41 Å². The number of benzene rings is 1. The summed E-state index contributed by atoms with van der Waals surface area (Å²) in [4.78, 5) is 11.8. The summed E-state index contributed by atoms with van der Waals surface area (Å²) in [6.45, 7) is 3.92. The van der Waals surface area contributed by atoms with Crippen molar-refractivity contribution in [2.75, 3.05) is 19.8 Å². The fourth-order valence-corrected chi connectivity index (χ4v) is 2.94. The zero-order valence-electron chi connectivity index (χ0n) is 12.4. The number of carbonyl (C=O) groups is 1. The summed E-state index contributed by atoms with van der Waals surface area (Å²) in [6, 6.07) is 8.10. The standard InChI is InChI=1S/C16H23ClN2O2/c1-12(9-13-3-2-4-14(17)10-13)19-11-16(15(18)20)5-7-21-8-6-16/h2-4,10,12,19H,5-9,11H2,1H3,(H2,18,20). The summed E-state index contributed by atoms with van der Waals surface area (Å²) in [6.07, 6.45) is 2.25. The molecule has 5 heteroatoms. The van der Waals surface area contributed by atoms with E-state index in [-0.39, 0.29) is 11.9 Å². The normalized spacial score (nSPS) is 19.1. The fraction of sp³-hybridized carbons (Fsp3) is 0.562. The number of primary amides is 1. The van der Waals surface area contributed by atoms with Crippen molar-refractivity contribution in [1.29, 1.82) is 0 Å². The van der Waals surface area contributed by atoms with E-state index in [1.807, 2.05) is 18.2 Å². The molecule has 4 nitrogen and oxygen atoms in total. The highest BCUT2D eigenvalue weighted by Gasteiger charge is 2.38. The van der Waals surface area contributed by atoms with Crippen LogP contribution < -0.4 is 11.1 Å². The molecule has 0 saturated carbocycles. The second-order valence-corrected chi connectivity index (χ2v) is 6.31. The molecule has 1 fully saturated rings. The topological polar surface area (TPSA) is 64.3 Å². The Bertz CT molecular complexity index is 487. The van der Waals surface area contributed by atoms with Crippen LogP contribution in [-0.4, -0.2) is 31.7 Å². The molecule has 1 heterocycles. The number of rotatable bonds is 6. The molecule has 0 spiro atoms. The Morgan fingerprint density at radius 1 is 1.48 bits per heavy atom. The van der Waals surface area contributed by atoms with Crippen LogP contribution >= 0.6 is 11.6 Å². The van der Waals surface area contributed by atoms with Gasteiger partial charge in [0.1, 0.15) is 0 Å². The minimum absolute atomic E-state index is 0.228. The van der Waals surface area contributed by atoms with Crippen molar-refractivity contribution >= 4 is 17.5 Å². The van der Waals surface area contributed by atoms with Crippen LogP contribution in [0.3, 0.4) is 0 Å². The molecule has 1 aromatic rings. The maximum Gasteiger partial charge on any atom is 0.225 e. The number of carbonyl (C=O) groups excluding carboxylic acids is 1. The Labute approximate surface area is 131 Å². The van der Waals surface area contributed by atoms with Crippen molar-refractivity contribution in [3.8, 4) is 0 Å². The van der Waals surface area contributed by atoms with E-state index in [4.69, 9.17) is 22.1 Å². The van der Waals surface area contributed by atoms with Crippen LogP contribution in [0.2, 0.25) is 5.02 Å². The lowest BCUT2D eigenvalue weighted by molar-refractivity contribution is -0.133. The van der Waals surface area contributed by atoms with Gasteiger partial charge < -0.3 is 15.8 Å². The van der Waals surface area contributed by atoms with Crippen molar-refractivity contribution < 1.29 is 9.53 Å². The number of nitrogens with two attached hydrogens (primary N) is 1. The van der Waals surface area contributed by atoms with Gasteiger partial charge in [-0.15, -0.1) is 0 Å². The summed E-state index contributed by atoms with van der Waals surface area (Å²) >= 11 is 6.00. The molecule has 21 heavy (non-hydrogen) atoms. The van der Waals surface area contributed by atoms with Crippen molar-refractivity contribution in [3.63, 3.8) is 0 Å². The fourth-order valence-electron chi connectivity index (χ4n) is 2.73. The van der Waals surface area contributed by atoms with E-state index in [1.54, 1.807) is 0 Å². The first-order chi connectivity index (χ1) is 10.0. The van der Waals surface area contributed by atoms with Gasteiger partial charge in [-0.05, 0) is 43.9 Å². The third-order valence-electron chi connectivity index (χ3n) is 4.19. The molecule has 116 valence electrons. The minimum Gasteiger partial charge on any atom is -0.381 e. The molecular formula is C16H23ClN2O2. The van der Waals surface area contributed by atoms with Crippen LogP contribution in [0.25, 0.3) is 0 Å². The van der Waals surface area contributed by atoms with E-state index in [1.165, 1.54) is 5.56 Å². The largest absolute Gasteiger partial charge is 0.381 e. The Morgan fingerprint density at radius 3 is 2.81 bits per heavy atom. The van der Waals surface area contributed by atoms with E-state index < -0.39 is 5.41 Å². The highest BCUT2D eigenvalue weighted by molar-refractivity contribution is 6.30. The van der Waals surface area contributed by atoms with Crippen molar-refractivity contribution in [2.24, 2.45) is 11.1 Å². The average molecular weight is 311 g/mol. The van der Waals surface area contributed by atoms with Crippen LogP contribution in [0.15, 0.2) is 24.3 Å². The van der Waals surface area contributed by atoms with Gasteiger partial charge >= 0.3 is 0 Å². The summed E-state index contributed by atoms with van der Waals surface area (Å²) in [5, 5.41) is 4.19. The quantitative estimate of drug-likeness (QED) is 0.846. The number of hydrogen-bond acceptors (Lipinski definition) is 3. The zero-order chi connectivity index (χ0) is 15.3. The molecule has 0 aliphatic carbocycles. The van der Waals surface area contributed by atoms with E-state index >= 15 is 0 Å². The lowest BCUT2D eigenvalue weighted by Crippen LogP contribution is -2.50. The Kier molecular flexibility index (Phi) is 5.62. The van der Waals surface area contributed by atoms with Crippen molar-refractivity contribution in [3.05, 3.63) is 34.9 Å². The van der Waals surface area contributed by atoms with Crippen LogP contribution in [0.5, 0.6) is 0 Å². The molecule has 1 amide bonds. The number of ether oxygens (including phenoxy) is 1. The van der Waals surface area contributed by atoms with E-state index in [0.717, 1.165) is 11.4 Å². The third kappa shape index (κ3) is 4.43. The number of nitrogens with one attached hydrogen (secondary N) is 1. The highest BCUT2D eigenvalue weighted by atomic mass is 35.5. The molecule has 1 saturated heterocycles. The van der Waals surface area contributed by atoms with E-state index in [0.29, 0.717) is 32.6 Å². The van der Waals surface area contributed by atoms with Crippen LogP contribution in [0, 0.1) is 5.41 Å². The molecule has 1 aliphatic heterocycles.